The molecule has 4 heteroatoms. The van der Waals surface area contributed by atoms with E-state index in [2.05, 4.69) is 6.92 Å². The average molecular weight is 292 g/mol. The molecule has 0 saturated heterocycles. The number of fused-ring (bicyclic) bond motifs is 1. The number of aromatic nitrogens is 1. The number of hydrogen-bond donors (Lipinski definition) is 1. The first-order chi connectivity index (χ1) is 9.65. The van der Waals surface area contributed by atoms with E-state index in [9.17, 15) is 4.79 Å². The van der Waals surface area contributed by atoms with Gasteiger partial charge >= 0.3 is 0 Å². The number of nitrogens with zero attached hydrogens (tertiary/aromatic N) is 1. The van der Waals surface area contributed by atoms with Crippen LogP contribution in [-0.2, 0) is 24.2 Å². The molecule has 1 heterocycles. The van der Waals surface area contributed by atoms with Crippen LogP contribution in [0.25, 0.3) is 0 Å². The van der Waals surface area contributed by atoms with Gasteiger partial charge in [0.15, 0.2) is 10.6 Å². The first-order valence-corrected chi connectivity index (χ1v) is 8.75. The Labute approximate surface area is 124 Å². The fraction of sp³-hybridized carbons (Fsp3) is 0.750. The van der Waals surface area contributed by atoms with Gasteiger partial charge in [-0.15, -0.1) is 11.3 Å². The van der Waals surface area contributed by atoms with Gasteiger partial charge in [-0.05, 0) is 44.4 Å². The highest BCUT2D eigenvalue weighted by atomic mass is 32.1. The van der Waals surface area contributed by atoms with Crippen molar-refractivity contribution >= 4 is 17.1 Å². The number of hydrogen-bond acceptors (Lipinski definition) is 3. The van der Waals surface area contributed by atoms with E-state index in [0.29, 0.717) is 17.1 Å². The van der Waals surface area contributed by atoms with E-state index in [1.165, 1.54) is 36.3 Å². The van der Waals surface area contributed by atoms with Gasteiger partial charge in [0, 0.05) is 16.5 Å². The summed E-state index contributed by atoms with van der Waals surface area (Å²) in [5.41, 5.74) is 1.28. The first kappa shape index (κ1) is 14.1. The molecule has 0 aromatic carbocycles. The van der Waals surface area contributed by atoms with Gasteiger partial charge in [-0.1, -0.05) is 19.8 Å². The number of Topliss-reactive ketones (excluding diaryl/α,β-unsaturated/α-hetero) is 1. The Balaban J connectivity index is 1.73. The van der Waals surface area contributed by atoms with Gasteiger partial charge in [0.1, 0.15) is 0 Å². The normalized spacial score (nSPS) is 26.2. The van der Waals surface area contributed by atoms with Crippen LogP contribution in [0.4, 0.5) is 0 Å². The average Bonchev–Trinajstić information content (AvgIpc) is 2.76. The van der Waals surface area contributed by atoms with Crippen LogP contribution in [0.1, 0.15) is 56.0 Å². The molecule has 0 radical (unpaired) electrons. The molecule has 2 aliphatic rings. The molecular formula is C16H24N2OS. The van der Waals surface area contributed by atoms with Gasteiger partial charge in [0.25, 0.3) is 0 Å². The summed E-state index contributed by atoms with van der Waals surface area (Å²) in [5, 5.41) is 8.14. The van der Waals surface area contributed by atoms with Crippen LogP contribution in [0.15, 0.2) is 0 Å². The second kappa shape index (κ2) is 5.84. The highest BCUT2D eigenvalue weighted by Gasteiger charge is 2.26. The number of nitrogens with one attached hydrogen (secondary N) is 1. The molecule has 0 amide bonds. The van der Waals surface area contributed by atoms with Crippen molar-refractivity contribution in [1.82, 2.24) is 4.57 Å². The molecule has 3 nitrogen and oxygen atoms in total. The Hall–Kier alpha value is -0.900. The van der Waals surface area contributed by atoms with Crippen LogP contribution in [0.5, 0.6) is 0 Å². The monoisotopic (exact) mass is 292 g/mol. The maximum atomic E-state index is 12.5. The number of carbonyl (C=O) groups is 1. The maximum Gasteiger partial charge on any atom is 0.182 e. The number of thiazole rings is 1. The van der Waals surface area contributed by atoms with Crippen molar-refractivity contribution in [3.05, 3.63) is 15.4 Å². The lowest BCUT2D eigenvalue weighted by molar-refractivity contribution is -0.124. The summed E-state index contributed by atoms with van der Waals surface area (Å²) < 4.78 is 2.00. The minimum Gasteiger partial charge on any atom is -0.314 e. The molecule has 0 unspecified atom stereocenters. The zero-order valence-corrected chi connectivity index (χ0v) is 13.1. The minimum atomic E-state index is 0.247. The van der Waals surface area contributed by atoms with Crippen LogP contribution >= 0.6 is 11.3 Å². The zero-order valence-electron chi connectivity index (χ0n) is 12.3. The Morgan fingerprint density at radius 1 is 1.25 bits per heavy atom. The summed E-state index contributed by atoms with van der Waals surface area (Å²) in [7, 11) is 0. The van der Waals surface area contributed by atoms with Gasteiger partial charge < -0.3 is 4.57 Å². The van der Waals surface area contributed by atoms with Crippen molar-refractivity contribution in [2.75, 3.05) is 0 Å². The summed E-state index contributed by atoms with van der Waals surface area (Å²) in [6.45, 7) is 2.73. The van der Waals surface area contributed by atoms with Crippen LogP contribution in [-0.4, -0.2) is 10.4 Å². The van der Waals surface area contributed by atoms with Crippen LogP contribution < -0.4 is 4.80 Å². The quantitative estimate of drug-likeness (QED) is 0.913. The van der Waals surface area contributed by atoms with Crippen molar-refractivity contribution in [2.24, 2.45) is 11.8 Å². The van der Waals surface area contributed by atoms with Gasteiger partial charge in [-0.25, -0.2) is 0 Å². The molecule has 2 aliphatic carbocycles. The molecule has 0 bridgehead atoms. The molecule has 1 aromatic rings. The fourth-order valence-electron chi connectivity index (χ4n) is 3.59. The van der Waals surface area contributed by atoms with Gasteiger partial charge in [-0.3, -0.25) is 10.2 Å². The Morgan fingerprint density at radius 2 is 1.95 bits per heavy atom. The van der Waals surface area contributed by atoms with E-state index in [-0.39, 0.29) is 5.92 Å². The standard InChI is InChI=1S/C16H24N2OS/c1-11-6-8-12(9-7-11)14(19)10-18-13-4-2-3-5-15(13)20-16(18)17/h11-12,17H,2-10H2,1H3. The van der Waals surface area contributed by atoms with E-state index >= 15 is 0 Å². The predicted molar refractivity (Wildman–Crippen MR) is 80.9 cm³/mol. The summed E-state index contributed by atoms with van der Waals surface area (Å²) in [6, 6.07) is 0. The lowest BCUT2D eigenvalue weighted by Gasteiger charge is -2.25. The third kappa shape index (κ3) is 2.76. The lowest BCUT2D eigenvalue weighted by Crippen LogP contribution is -2.29. The Kier molecular flexibility index (Phi) is 4.11. The molecule has 1 aromatic heterocycles. The smallest absolute Gasteiger partial charge is 0.182 e. The molecule has 0 spiro atoms. The van der Waals surface area contributed by atoms with Crippen molar-refractivity contribution in [3.63, 3.8) is 0 Å². The van der Waals surface area contributed by atoms with E-state index in [1.807, 2.05) is 4.57 Å². The van der Waals surface area contributed by atoms with E-state index < -0.39 is 0 Å². The van der Waals surface area contributed by atoms with Crippen molar-refractivity contribution < 1.29 is 4.79 Å². The van der Waals surface area contributed by atoms with Crippen LogP contribution in [0.3, 0.4) is 0 Å². The van der Waals surface area contributed by atoms with Crippen molar-refractivity contribution in [2.45, 2.75) is 64.8 Å². The van der Waals surface area contributed by atoms with Crippen molar-refractivity contribution in [3.8, 4) is 0 Å². The molecular weight excluding hydrogens is 268 g/mol. The SMILES string of the molecule is CC1CCC(C(=O)Cn2c3c(sc2=N)CCCC3)CC1. The fourth-order valence-corrected chi connectivity index (χ4v) is 4.68. The second-order valence-corrected chi connectivity index (χ2v) is 7.58. The molecule has 110 valence electrons. The molecule has 3 rings (SSSR count). The summed E-state index contributed by atoms with van der Waals surface area (Å²) in [6.07, 6.45) is 9.10. The second-order valence-electron chi connectivity index (χ2n) is 6.49. The Morgan fingerprint density at radius 3 is 2.70 bits per heavy atom. The third-order valence-electron chi connectivity index (χ3n) is 4.97. The third-order valence-corrected chi connectivity index (χ3v) is 6.07. The Bertz CT molecular complexity index is 549. The topological polar surface area (TPSA) is 45.9 Å². The molecule has 1 fully saturated rings. The predicted octanol–water partition coefficient (Wildman–Crippen LogP) is 3.30. The maximum absolute atomic E-state index is 12.5. The van der Waals surface area contributed by atoms with Crippen LogP contribution in [0, 0.1) is 17.2 Å². The van der Waals surface area contributed by atoms with Crippen LogP contribution in [0.2, 0.25) is 0 Å². The molecule has 0 aliphatic heterocycles. The van der Waals surface area contributed by atoms with Gasteiger partial charge in [-0.2, -0.15) is 0 Å². The largest absolute Gasteiger partial charge is 0.314 e. The van der Waals surface area contributed by atoms with E-state index in [1.54, 1.807) is 11.3 Å². The van der Waals surface area contributed by atoms with Crippen molar-refractivity contribution in [1.29, 1.82) is 5.41 Å². The molecule has 20 heavy (non-hydrogen) atoms. The lowest BCUT2D eigenvalue weighted by atomic mass is 9.81. The molecule has 0 atom stereocenters. The first-order valence-electron chi connectivity index (χ1n) is 7.94. The molecule has 1 saturated carbocycles. The number of ketones is 1. The van der Waals surface area contributed by atoms with Gasteiger partial charge in [0.2, 0.25) is 0 Å². The number of rotatable bonds is 3. The summed E-state index contributed by atoms with van der Waals surface area (Å²) >= 11 is 1.58. The summed E-state index contributed by atoms with van der Waals surface area (Å²) in [5.74, 6) is 1.39. The van der Waals surface area contributed by atoms with Gasteiger partial charge in [0.05, 0.1) is 6.54 Å². The summed E-state index contributed by atoms with van der Waals surface area (Å²) in [4.78, 5) is 14.4. The molecule has 1 N–H and O–H groups in total. The highest BCUT2D eigenvalue weighted by molar-refractivity contribution is 7.09. The number of carbonyl (C=O) groups excluding carboxylic acids is 1. The van der Waals surface area contributed by atoms with E-state index in [4.69, 9.17) is 5.41 Å². The highest BCUT2D eigenvalue weighted by Crippen LogP contribution is 2.30. The zero-order chi connectivity index (χ0) is 14.1. The minimum absolute atomic E-state index is 0.247. The number of aryl methyl sites for hydroxylation is 1. The van der Waals surface area contributed by atoms with E-state index in [0.717, 1.165) is 31.6 Å².